The number of carboxylic acid groups (broad SMARTS) is 1. The summed E-state index contributed by atoms with van der Waals surface area (Å²) in [7, 11) is 0. The van der Waals surface area contributed by atoms with Crippen molar-refractivity contribution < 1.29 is 15.0 Å². The predicted molar refractivity (Wildman–Crippen MR) is 57.4 cm³/mol. The van der Waals surface area contributed by atoms with E-state index in [4.69, 9.17) is 10.8 Å². The fourth-order valence-corrected chi connectivity index (χ4v) is 2.24. The van der Waals surface area contributed by atoms with Crippen molar-refractivity contribution in [3.63, 3.8) is 0 Å². The lowest BCUT2D eigenvalue weighted by molar-refractivity contribution is -0.147. The average Bonchev–Trinajstić information content (AvgIpc) is 2.26. The minimum atomic E-state index is -1.41. The number of aliphatic hydroxyl groups excluding tert-OH is 1. The number of carbonyl (C=O) groups is 1. The summed E-state index contributed by atoms with van der Waals surface area (Å²) < 4.78 is 0. The van der Waals surface area contributed by atoms with Gasteiger partial charge >= 0.3 is 5.97 Å². The van der Waals surface area contributed by atoms with Crippen LogP contribution in [0, 0.1) is 5.92 Å². The summed E-state index contributed by atoms with van der Waals surface area (Å²) in [4.78, 5) is 10.5. The lowest BCUT2D eigenvalue weighted by Gasteiger charge is -2.23. The minimum absolute atomic E-state index is 0.609. The molecule has 15 heavy (non-hydrogen) atoms. The highest BCUT2D eigenvalue weighted by Crippen LogP contribution is 2.27. The molecule has 1 rings (SSSR count). The molecule has 1 aliphatic rings. The number of nitrogens with two attached hydrogens (primary N) is 1. The molecule has 0 spiro atoms. The van der Waals surface area contributed by atoms with Crippen LogP contribution in [0.1, 0.15) is 44.9 Å². The average molecular weight is 215 g/mol. The molecule has 2 atom stereocenters. The lowest BCUT2D eigenvalue weighted by atomic mass is 9.85. The van der Waals surface area contributed by atoms with Gasteiger partial charge in [0.1, 0.15) is 0 Å². The first-order chi connectivity index (χ1) is 7.11. The maximum absolute atomic E-state index is 10.5. The van der Waals surface area contributed by atoms with Gasteiger partial charge in [-0.2, -0.15) is 0 Å². The molecule has 0 aromatic rings. The Labute approximate surface area is 90.5 Å². The smallest absolute Gasteiger partial charge is 0.334 e. The highest BCUT2D eigenvalue weighted by atomic mass is 16.4. The van der Waals surface area contributed by atoms with Gasteiger partial charge in [-0.25, -0.2) is 4.79 Å². The van der Waals surface area contributed by atoms with E-state index in [0.29, 0.717) is 12.3 Å². The van der Waals surface area contributed by atoms with E-state index < -0.39 is 18.1 Å². The first-order valence-corrected chi connectivity index (χ1v) is 5.77. The highest BCUT2D eigenvalue weighted by molar-refractivity contribution is 5.72. The Hall–Kier alpha value is -0.610. The molecule has 1 aliphatic carbocycles. The molecule has 0 heterocycles. The van der Waals surface area contributed by atoms with E-state index in [1.807, 2.05) is 0 Å². The molecule has 1 saturated carbocycles. The van der Waals surface area contributed by atoms with E-state index >= 15 is 0 Å². The molecule has 0 bridgehead atoms. The van der Waals surface area contributed by atoms with Crippen LogP contribution in [-0.4, -0.2) is 28.3 Å². The number of hydrogen-bond donors (Lipinski definition) is 3. The van der Waals surface area contributed by atoms with Gasteiger partial charge < -0.3 is 15.9 Å². The SMILES string of the molecule is N[C@@H](CCC1CCCCC1)[C@@H](O)C(=O)O. The van der Waals surface area contributed by atoms with Crippen LogP contribution >= 0.6 is 0 Å². The third-order valence-electron chi connectivity index (χ3n) is 3.29. The number of rotatable bonds is 5. The molecule has 0 aromatic heterocycles. The molecule has 1 fully saturated rings. The molecule has 0 unspecified atom stereocenters. The molecule has 0 saturated heterocycles. The zero-order valence-corrected chi connectivity index (χ0v) is 9.06. The molecular formula is C11H21NO3. The molecule has 4 nitrogen and oxygen atoms in total. The topological polar surface area (TPSA) is 83.5 Å². The summed E-state index contributed by atoms with van der Waals surface area (Å²) in [5.74, 6) is -0.531. The first-order valence-electron chi connectivity index (χ1n) is 5.77. The van der Waals surface area contributed by atoms with Gasteiger partial charge in [-0.05, 0) is 18.8 Å². The standard InChI is InChI=1S/C11H21NO3/c12-9(10(13)11(14)15)7-6-8-4-2-1-3-5-8/h8-10,13H,1-7,12H2,(H,14,15)/t9-,10+/m0/s1. The fraction of sp³-hybridized carbons (Fsp3) is 0.909. The lowest BCUT2D eigenvalue weighted by Crippen LogP contribution is -2.40. The Morgan fingerprint density at radius 1 is 1.33 bits per heavy atom. The fourth-order valence-electron chi connectivity index (χ4n) is 2.24. The van der Waals surface area contributed by atoms with Crippen LogP contribution in [0.3, 0.4) is 0 Å². The van der Waals surface area contributed by atoms with Gasteiger partial charge in [0.15, 0.2) is 6.10 Å². The van der Waals surface area contributed by atoms with Gasteiger partial charge in [-0.15, -0.1) is 0 Å². The van der Waals surface area contributed by atoms with Gasteiger partial charge in [0.2, 0.25) is 0 Å². The van der Waals surface area contributed by atoms with Crippen LogP contribution in [0.2, 0.25) is 0 Å². The Balaban J connectivity index is 2.20. The van der Waals surface area contributed by atoms with Crippen molar-refractivity contribution in [2.75, 3.05) is 0 Å². The largest absolute Gasteiger partial charge is 0.479 e. The van der Waals surface area contributed by atoms with Crippen LogP contribution in [-0.2, 0) is 4.79 Å². The van der Waals surface area contributed by atoms with Crippen molar-refractivity contribution >= 4 is 5.97 Å². The molecule has 0 aliphatic heterocycles. The molecular weight excluding hydrogens is 194 g/mol. The Kier molecular flexibility index (Phi) is 5.05. The second kappa shape index (κ2) is 6.08. The Morgan fingerprint density at radius 2 is 1.93 bits per heavy atom. The van der Waals surface area contributed by atoms with Crippen molar-refractivity contribution in [1.29, 1.82) is 0 Å². The molecule has 4 N–H and O–H groups in total. The summed E-state index contributed by atoms with van der Waals surface area (Å²) in [6, 6.07) is -0.621. The summed E-state index contributed by atoms with van der Waals surface area (Å²) in [5, 5.41) is 17.8. The van der Waals surface area contributed by atoms with Gasteiger partial charge in [-0.1, -0.05) is 32.1 Å². The van der Waals surface area contributed by atoms with E-state index in [1.54, 1.807) is 0 Å². The second-order valence-corrected chi connectivity index (χ2v) is 4.53. The number of hydrogen-bond acceptors (Lipinski definition) is 3. The Bertz CT molecular complexity index is 202. The van der Waals surface area contributed by atoms with Gasteiger partial charge in [-0.3, -0.25) is 0 Å². The van der Waals surface area contributed by atoms with Gasteiger partial charge in [0.25, 0.3) is 0 Å². The van der Waals surface area contributed by atoms with Crippen molar-refractivity contribution in [1.82, 2.24) is 0 Å². The molecule has 0 amide bonds. The summed E-state index contributed by atoms with van der Waals surface area (Å²) >= 11 is 0. The molecule has 88 valence electrons. The predicted octanol–water partition coefficient (Wildman–Crippen LogP) is 1.12. The Morgan fingerprint density at radius 3 is 2.47 bits per heavy atom. The maximum atomic E-state index is 10.5. The highest BCUT2D eigenvalue weighted by Gasteiger charge is 2.23. The van der Waals surface area contributed by atoms with Crippen molar-refractivity contribution in [3.05, 3.63) is 0 Å². The third-order valence-corrected chi connectivity index (χ3v) is 3.29. The number of aliphatic carboxylic acids is 1. The van der Waals surface area contributed by atoms with Crippen LogP contribution in [0.4, 0.5) is 0 Å². The van der Waals surface area contributed by atoms with Crippen molar-refractivity contribution in [3.8, 4) is 0 Å². The van der Waals surface area contributed by atoms with Crippen molar-refractivity contribution in [2.45, 2.75) is 57.1 Å². The minimum Gasteiger partial charge on any atom is -0.479 e. The van der Waals surface area contributed by atoms with Crippen LogP contribution in [0.15, 0.2) is 0 Å². The summed E-state index contributed by atoms with van der Waals surface area (Å²) in [5.41, 5.74) is 5.60. The van der Waals surface area contributed by atoms with Crippen LogP contribution in [0.5, 0.6) is 0 Å². The maximum Gasteiger partial charge on any atom is 0.334 e. The first kappa shape index (κ1) is 12.5. The summed E-state index contributed by atoms with van der Waals surface area (Å²) in [6.07, 6.45) is 6.49. The van der Waals surface area contributed by atoms with E-state index in [0.717, 1.165) is 6.42 Å². The molecule has 0 radical (unpaired) electrons. The molecule has 4 heteroatoms. The van der Waals surface area contributed by atoms with E-state index in [1.165, 1.54) is 32.1 Å². The van der Waals surface area contributed by atoms with Gasteiger partial charge in [0, 0.05) is 6.04 Å². The third kappa shape index (κ3) is 4.18. The van der Waals surface area contributed by atoms with E-state index in [9.17, 15) is 9.90 Å². The quantitative estimate of drug-likeness (QED) is 0.641. The van der Waals surface area contributed by atoms with E-state index in [-0.39, 0.29) is 0 Å². The van der Waals surface area contributed by atoms with Gasteiger partial charge in [0.05, 0.1) is 0 Å². The van der Waals surface area contributed by atoms with E-state index in [2.05, 4.69) is 0 Å². The number of carboxylic acids is 1. The second-order valence-electron chi connectivity index (χ2n) is 4.53. The van der Waals surface area contributed by atoms with Crippen molar-refractivity contribution in [2.24, 2.45) is 11.7 Å². The number of aliphatic hydroxyl groups is 1. The monoisotopic (exact) mass is 215 g/mol. The van der Waals surface area contributed by atoms with Crippen LogP contribution < -0.4 is 5.73 Å². The normalized spacial score (nSPS) is 22.3. The zero-order chi connectivity index (χ0) is 11.3. The molecule has 0 aromatic carbocycles. The zero-order valence-electron chi connectivity index (χ0n) is 9.06. The summed E-state index contributed by atoms with van der Waals surface area (Å²) in [6.45, 7) is 0. The van der Waals surface area contributed by atoms with Crippen LogP contribution in [0.25, 0.3) is 0 Å².